The molecule has 6 aromatic heterocycles. The van der Waals surface area contributed by atoms with Crippen LogP contribution in [0.1, 0.15) is 31.2 Å². The molecule has 0 unspecified atom stereocenters. The molecule has 0 aromatic carbocycles. The number of aromatic amines is 2. The summed E-state index contributed by atoms with van der Waals surface area (Å²) in [6.07, 6.45) is 12.7. The summed E-state index contributed by atoms with van der Waals surface area (Å²) in [4.78, 5) is 22.4. The van der Waals surface area contributed by atoms with Crippen LogP contribution in [-0.4, -0.2) is 41.7 Å². The van der Waals surface area contributed by atoms with Gasteiger partial charge in [0.1, 0.15) is 11.2 Å². The second-order valence-electron chi connectivity index (χ2n) is 9.80. The number of thiophene rings is 1. The Labute approximate surface area is 221 Å². The van der Waals surface area contributed by atoms with Gasteiger partial charge in [-0.15, -0.1) is 11.3 Å². The highest BCUT2D eigenvalue weighted by atomic mass is 32.1. The lowest BCUT2D eigenvalue weighted by atomic mass is 10.1. The zero-order valence-corrected chi connectivity index (χ0v) is 21.4. The Morgan fingerprint density at radius 3 is 2.76 bits per heavy atom. The molecule has 6 heterocycles. The van der Waals surface area contributed by atoms with Gasteiger partial charge in [-0.05, 0) is 61.2 Å². The van der Waals surface area contributed by atoms with Gasteiger partial charge < -0.3 is 10.3 Å². The number of fused-ring (bicyclic) bond motifs is 2. The third-order valence-electron chi connectivity index (χ3n) is 7.23. The molecule has 1 fully saturated rings. The smallest absolute Gasteiger partial charge is 0.176 e. The summed E-state index contributed by atoms with van der Waals surface area (Å²) in [5, 5.41) is 11.7. The van der Waals surface area contributed by atoms with E-state index in [0.29, 0.717) is 28.3 Å². The van der Waals surface area contributed by atoms with Crippen molar-refractivity contribution in [2.24, 2.45) is 5.92 Å². The molecule has 1 aliphatic rings. The van der Waals surface area contributed by atoms with Crippen LogP contribution in [0.3, 0.4) is 0 Å². The third kappa shape index (κ3) is 4.35. The van der Waals surface area contributed by atoms with Crippen molar-refractivity contribution in [2.45, 2.75) is 32.2 Å². The van der Waals surface area contributed by atoms with E-state index in [1.165, 1.54) is 31.7 Å². The van der Waals surface area contributed by atoms with E-state index in [1.54, 1.807) is 12.3 Å². The first-order valence-electron chi connectivity index (χ1n) is 12.8. The van der Waals surface area contributed by atoms with Crippen molar-refractivity contribution in [1.29, 1.82) is 0 Å². The van der Waals surface area contributed by atoms with E-state index >= 15 is 0 Å². The highest BCUT2D eigenvalue weighted by Gasteiger charge is 2.18. The Bertz CT molecular complexity index is 1750. The standard InChI is InChI=1S/C28H25FN8S/c29-23-6-5-22(38-23)20-7-8-32-27-24(20)34-28(35-27)25-21-10-19(15-33-26(21)37-36-25)18-9-17(13-31-14-18)12-30-11-16-3-1-2-4-16/h5-10,13-16,30H,1-4,11-12H2,(H,32,34,35)(H,33,36,37). The van der Waals surface area contributed by atoms with Gasteiger partial charge in [-0.1, -0.05) is 12.8 Å². The molecule has 0 bridgehead atoms. The number of nitrogens with one attached hydrogen (secondary N) is 3. The van der Waals surface area contributed by atoms with Gasteiger partial charge in [-0.2, -0.15) is 9.49 Å². The molecule has 6 aromatic rings. The molecule has 1 aliphatic carbocycles. The predicted octanol–water partition coefficient (Wildman–Crippen LogP) is 6.11. The molecule has 0 atom stereocenters. The summed E-state index contributed by atoms with van der Waals surface area (Å²) in [5.41, 5.74) is 6.54. The molecule has 10 heteroatoms. The van der Waals surface area contributed by atoms with Gasteiger partial charge in [0.15, 0.2) is 22.2 Å². The van der Waals surface area contributed by atoms with E-state index in [1.807, 2.05) is 24.7 Å². The molecule has 0 amide bonds. The zero-order valence-electron chi connectivity index (χ0n) is 20.5. The van der Waals surface area contributed by atoms with E-state index in [-0.39, 0.29) is 5.13 Å². The van der Waals surface area contributed by atoms with Crippen molar-refractivity contribution in [2.75, 3.05) is 6.54 Å². The minimum Gasteiger partial charge on any atom is -0.321 e. The van der Waals surface area contributed by atoms with Crippen LogP contribution < -0.4 is 5.32 Å². The highest BCUT2D eigenvalue weighted by Crippen LogP contribution is 2.34. The van der Waals surface area contributed by atoms with Crippen LogP contribution in [0.15, 0.2) is 55.1 Å². The number of rotatable bonds is 7. The summed E-state index contributed by atoms with van der Waals surface area (Å²) in [5.74, 6) is 1.37. The van der Waals surface area contributed by atoms with Gasteiger partial charge in [0.2, 0.25) is 0 Å². The summed E-state index contributed by atoms with van der Waals surface area (Å²) >= 11 is 1.09. The van der Waals surface area contributed by atoms with Crippen LogP contribution >= 0.6 is 11.3 Å². The van der Waals surface area contributed by atoms with Crippen LogP contribution in [0.5, 0.6) is 0 Å². The summed E-state index contributed by atoms with van der Waals surface area (Å²) < 4.78 is 13.7. The maximum Gasteiger partial charge on any atom is 0.176 e. The second-order valence-corrected chi connectivity index (χ2v) is 10.8. The average molecular weight is 525 g/mol. The lowest BCUT2D eigenvalue weighted by Gasteiger charge is -2.11. The maximum atomic E-state index is 13.7. The van der Waals surface area contributed by atoms with Crippen LogP contribution in [-0.2, 0) is 6.54 Å². The molecule has 1 saturated carbocycles. The molecule has 0 radical (unpaired) electrons. The van der Waals surface area contributed by atoms with Crippen LogP contribution in [0.4, 0.5) is 4.39 Å². The Hall–Kier alpha value is -4.02. The normalized spacial score (nSPS) is 14.2. The number of H-pyrrole nitrogens is 2. The Morgan fingerprint density at radius 2 is 1.89 bits per heavy atom. The number of imidazole rings is 1. The van der Waals surface area contributed by atoms with E-state index in [0.717, 1.165) is 62.9 Å². The van der Waals surface area contributed by atoms with Crippen molar-refractivity contribution in [1.82, 2.24) is 40.4 Å². The van der Waals surface area contributed by atoms with Crippen molar-refractivity contribution < 1.29 is 4.39 Å². The lowest BCUT2D eigenvalue weighted by molar-refractivity contribution is 0.489. The number of pyridine rings is 3. The molecule has 0 spiro atoms. The molecule has 38 heavy (non-hydrogen) atoms. The minimum absolute atomic E-state index is 0.235. The Balaban J connectivity index is 1.20. The first-order chi connectivity index (χ1) is 18.7. The van der Waals surface area contributed by atoms with Crippen LogP contribution in [0, 0.1) is 11.0 Å². The number of hydrogen-bond acceptors (Lipinski definition) is 7. The molecule has 0 aliphatic heterocycles. The van der Waals surface area contributed by atoms with Crippen molar-refractivity contribution in [3.05, 3.63) is 65.8 Å². The number of halogens is 1. The fourth-order valence-corrected chi connectivity index (χ4v) is 6.06. The lowest BCUT2D eigenvalue weighted by Crippen LogP contribution is -2.20. The fourth-order valence-electron chi connectivity index (χ4n) is 5.30. The highest BCUT2D eigenvalue weighted by molar-refractivity contribution is 7.14. The van der Waals surface area contributed by atoms with Crippen LogP contribution in [0.2, 0.25) is 0 Å². The third-order valence-corrected chi connectivity index (χ3v) is 8.14. The number of hydrogen-bond donors (Lipinski definition) is 3. The van der Waals surface area contributed by atoms with Crippen LogP contribution in [0.25, 0.3) is 55.3 Å². The summed E-state index contributed by atoms with van der Waals surface area (Å²) in [6.45, 7) is 1.86. The van der Waals surface area contributed by atoms with Gasteiger partial charge >= 0.3 is 0 Å². The number of nitrogens with zero attached hydrogens (tertiary/aromatic N) is 5. The largest absolute Gasteiger partial charge is 0.321 e. The van der Waals surface area contributed by atoms with Gasteiger partial charge in [0, 0.05) is 52.9 Å². The molecule has 8 nitrogen and oxygen atoms in total. The molecular weight excluding hydrogens is 499 g/mol. The second kappa shape index (κ2) is 9.70. The zero-order chi connectivity index (χ0) is 25.5. The molecule has 190 valence electrons. The topological polar surface area (TPSA) is 108 Å². The quantitative estimate of drug-likeness (QED) is 0.233. The first kappa shape index (κ1) is 23.1. The molecule has 7 rings (SSSR count). The molecular formula is C28H25FN8S. The summed E-state index contributed by atoms with van der Waals surface area (Å²) in [7, 11) is 0. The van der Waals surface area contributed by atoms with Gasteiger partial charge in [-0.3, -0.25) is 10.1 Å². The van der Waals surface area contributed by atoms with Crippen molar-refractivity contribution in [3.8, 4) is 33.1 Å². The van der Waals surface area contributed by atoms with Gasteiger partial charge in [0.25, 0.3) is 0 Å². The monoisotopic (exact) mass is 524 g/mol. The van der Waals surface area contributed by atoms with E-state index in [2.05, 4.69) is 47.6 Å². The first-order valence-corrected chi connectivity index (χ1v) is 13.6. The number of aromatic nitrogens is 7. The predicted molar refractivity (Wildman–Crippen MR) is 147 cm³/mol. The van der Waals surface area contributed by atoms with Gasteiger partial charge in [-0.25, -0.2) is 15.0 Å². The Morgan fingerprint density at radius 1 is 1.00 bits per heavy atom. The summed E-state index contributed by atoms with van der Waals surface area (Å²) in [6, 6.07) is 9.29. The average Bonchev–Trinajstić information content (AvgIpc) is 3.74. The van der Waals surface area contributed by atoms with E-state index in [4.69, 9.17) is 4.98 Å². The maximum absolute atomic E-state index is 13.7. The molecule has 0 saturated heterocycles. The Kier molecular flexibility index (Phi) is 5.90. The van der Waals surface area contributed by atoms with Crippen molar-refractivity contribution >= 4 is 33.5 Å². The SMILES string of the molecule is Fc1ccc(-c2ccnc3[nH]c(-c4n[nH]c5ncc(-c6cncc(CNCC7CCCC7)c6)cc45)nc23)s1. The minimum atomic E-state index is -0.235. The van der Waals surface area contributed by atoms with Gasteiger partial charge in [0.05, 0.1) is 5.39 Å². The van der Waals surface area contributed by atoms with E-state index in [9.17, 15) is 4.39 Å². The molecule has 3 N–H and O–H groups in total. The van der Waals surface area contributed by atoms with Crippen molar-refractivity contribution in [3.63, 3.8) is 0 Å². The van der Waals surface area contributed by atoms with E-state index < -0.39 is 0 Å². The fraction of sp³-hybridized carbons (Fsp3) is 0.250.